The topological polar surface area (TPSA) is 92.8 Å². The molecule has 0 unspecified atom stereocenters. The predicted molar refractivity (Wildman–Crippen MR) is 143 cm³/mol. The maximum atomic E-state index is 14.0. The lowest BCUT2D eigenvalue weighted by Gasteiger charge is -2.08. The van der Waals surface area contributed by atoms with E-state index < -0.39 is 17.7 Å². The third kappa shape index (κ3) is 5.15. The van der Waals surface area contributed by atoms with Crippen LogP contribution in [-0.4, -0.2) is 30.2 Å². The van der Waals surface area contributed by atoms with E-state index in [2.05, 4.69) is 15.5 Å². The zero-order valence-corrected chi connectivity index (χ0v) is 20.3. The fourth-order valence-electron chi connectivity index (χ4n) is 4.02. The molecule has 5 aromatic rings. The summed E-state index contributed by atoms with van der Waals surface area (Å²) >= 11 is 0. The maximum Gasteiger partial charge on any atom is 0.343 e. The van der Waals surface area contributed by atoms with Crippen LogP contribution in [0.3, 0.4) is 0 Å². The second-order valence-electron chi connectivity index (χ2n) is 8.29. The molecule has 0 aliphatic rings. The molecule has 1 aromatic heterocycles. The van der Waals surface area contributed by atoms with Crippen LogP contribution in [0.5, 0.6) is 11.5 Å². The molecule has 0 spiro atoms. The maximum absolute atomic E-state index is 14.0. The van der Waals surface area contributed by atoms with Crippen LogP contribution in [0.2, 0.25) is 0 Å². The molecule has 0 aliphatic heterocycles. The minimum absolute atomic E-state index is 0.244. The van der Waals surface area contributed by atoms with Gasteiger partial charge in [0.05, 0.1) is 18.9 Å². The summed E-state index contributed by atoms with van der Waals surface area (Å²) in [5.74, 6) is -0.558. The van der Waals surface area contributed by atoms with Crippen molar-refractivity contribution in [3.8, 4) is 22.6 Å². The van der Waals surface area contributed by atoms with Gasteiger partial charge in [-0.15, -0.1) is 0 Å². The Labute approximate surface area is 217 Å². The van der Waals surface area contributed by atoms with Crippen LogP contribution in [0.25, 0.3) is 22.0 Å². The van der Waals surface area contributed by atoms with Gasteiger partial charge in [0.2, 0.25) is 0 Å². The van der Waals surface area contributed by atoms with E-state index >= 15 is 0 Å². The molecule has 4 aromatic carbocycles. The van der Waals surface area contributed by atoms with Gasteiger partial charge in [-0.2, -0.15) is 5.10 Å². The first-order valence-corrected chi connectivity index (χ1v) is 11.7. The minimum atomic E-state index is -0.546. The second kappa shape index (κ2) is 10.8. The molecule has 5 rings (SSSR count). The molecule has 188 valence electrons. The lowest BCUT2D eigenvalue weighted by molar-refractivity contribution is 0.0734. The lowest BCUT2D eigenvalue weighted by Crippen LogP contribution is -2.19. The number of rotatable bonds is 7. The average Bonchev–Trinajstić information content (AvgIpc) is 3.33. The smallest absolute Gasteiger partial charge is 0.343 e. The molecule has 38 heavy (non-hydrogen) atoms. The molecule has 0 saturated heterocycles. The monoisotopic (exact) mass is 507 g/mol. The molecule has 7 nitrogen and oxygen atoms in total. The molecule has 0 saturated carbocycles. The van der Waals surface area contributed by atoms with E-state index in [1.165, 1.54) is 18.3 Å². The molecule has 1 amide bonds. The van der Waals surface area contributed by atoms with Crippen molar-refractivity contribution in [2.75, 3.05) is 7.11 Å². The summed E-state index contributed by atoms with van der Waals surface area (Å²) in [7, 11) is 1.54. The molecule has 0 bridgehead atoms. The minimum Gasteiger partial charge on any atom is -0.497 e. The molecule has 0 aliphatic carbocycles. The number of hydrazone groups is 1. The number of aromatic nitrogens is 1. The van der Waals surface area contributed by atoms with Gasteiger partial charge in [-0.3, -0.25) is 4.79 Å². The summed E-state index contributed by atoms with van der Waals surface area (Å²) in [6.07, 6.45) is 1.39. The van der Waals surface area contributed by atoms with Crippen molar-refractivity contribution in [3.05, 3.63) is 120 Å². The quantitative estimate of drug-likeness (QED) is 0.123. The molecule has 8 heteroatoms. The largest absolute Gasteiger partial charge is 0.497 e. The van der Waals surface area contributed by atoms with Crippen LogP contribution in [0.1, 0.15) is 26.4 Å². The number of amides is 1. The number of carbonyl (C=O) groups is 2. The van der Waals surface area contributed by atoms with Gasteiger partial charge in [-0.05, 0) is 60.2 Å². The van der Waals surface area contributed by atoms with Gasteiger partial charge < -0.3 is 14.5 Å². The number of carbonyl (C=O) groups excluding carboxylic acids is 2. The van der Waals surface area contributed by atoms with E-state index in [0.29, 0.717) is 33.3 Å². The summed E-state index contributed by atoms with van der Waals surface area (Å²) in [6.45, 7) is 0. The summed E-state index contributed by atoms with van der Waals surface area (Å²) in [4.78, 5) is 28.8. The number of methoxy groups -OCH3 is 1. The fraction of sp³-hybridized carbons (Fsp3) is 0.0333. The van der Waals surface area contributed by atoms with Crippen molar-refractivity contribution in [2.45, 2.75) is 0 Å². The highest BCUT2D eigenvalue weighted by atomic mass is 19.1. The Balaban J connectivity index is 1.37. The first-order valence-electron chi connectivity index (χ1n) is 11.7. The number of para-hydroxylation sites is 1. The molecule has 2 N–H and O–H groups in total. The Bertz CT molecular complexity index is 1640. The molecular weight excluding hydrogens is 485 g/mol. The Hall–Kier alpha value is -5.24. The number of benzene rings is 4. The molecule has 0 atom stereocenters. The second-order valence-corrected chi connectivity index (χ2v) is 8.29. The van der Waals surface area contributed by atoms with E-state index in [1.807, 2.05) is 30.3 Å². The first-order chi connectivity index (χ1) is 18.5. The van der Waals surface area contributed by atoms with Gasteiger partial charge in [-0.25, -0.2) is 14.6 Å². The zero-order valence-electron chi connectivity index (χ0n) is 20.3. The number of hydrogen-bond acceptors (Lipinski definition) is 5. The molecule has 0 fully saturated rings. The summed E-state index contributed by atoms with van der Waals surface area (Å²) < 4.78 is 24.7. The summed E-state index contributed by atoms with van der Waals surface area (Å²) in [5, 5.41) is 4.66. The van der Waals surface area contributed by atoms with Gasteiger partial charge in [0.15, 0.2) is 0 Å². The van der Waals surface area contributed by atoms with E-state index in [-0.39, 0.29) is 11.4 Å². The number of aromatic amines is 1. The van der Waals surface area contributed by atoms with E-state index in [4.69, 9.17) is 9.47 Å². The lowest BCUT2D eigenvalue weighted by atomic mass is 10.0. The van der Waals surface area contributed by atoms with Gasteiger partial charge in [0.1, 0.15) is 23.0 Å². The van der Waals surface area contributed by atoms with Crippen molar-refractivity contribution >= 4 is 29.0 Å². The Kier molecular flexibility index (Phi) is 6.95. The van der Waals surface area contributed by atoms with Gasteiger partial charge >= 0.3 is 5.97 Å². The Morgan fingerprint density at radius 2 is 1.66 bits per heavy atom. The van der Waals surface area contributed by atoms with Crippen molar-refractivity contribution < 1.29 is 23.5 Å². The molecular formula is C30H22FN3O4. The number of ether oxygens (including phenoxy) is 2. The summed E-state index contributed by atoms with van der Waals surface area (Å²) in [6, 6.07) is 26.9. The van der Waals surface area contributed by atoms with Crippen molar-refractivity contribution in [1.82, 2.24) is 10.4 Å². The number of esters is 1. The van der Waals surface area contributed by atoms with Gasteiger partial charge in [0.25, 0.3) is 5.91 Å². The van der Waals surface area contributed by atoms with E-state index in [1.54, 1.807) is 61.7 Å². The Morgan fingerprint density at radius 1 is 0.921 bits per heavy atom. The average molecular weight is 508 g/mol. The normalized spacial score (nSPS) is 11.0. The number of hydrogen-bond donors (Lipinski definition) is 2. The number of nitrogens with zero attached hydrogens (tertiary/aromatic N) is 1. The SMILES string of the molecule is COc1ccc(C(=O)Oc2ccccc2C=NNC(=O)c2[nH]c3ccc(F)cc3c2-c2ccccc2)cc1. The van der Waals surface area contributed by atoms with E-state index in [0.717, 1.165) is 5.56 Å². The number of nitrogens with one attached hydrogen (secondary N) is 2. The highest BCUT2D eigenvalue weighted by Gasteiger charge is 2.19. The van der Waals surface area contributed by atoms with Crippen LogP contribution in [0.4, 0.5) is 4.39 Å². The van der Waals surface area contributed by atoms with Crippen LogP contribution in [0, 0.1) is 5.82 Å². The van der Waals surface area contributed by atoms with Crippen LogP contribution in [-0.2, 0) is 0 Å². The van der Waals surface area contributed by atoms with E-state index in [9.17, 15) is 14.0 Å². The van der Waals surface area contributed by atoms with Crippen LogP contribution < -0.4 is 14.9 Å². The first kappa shape index (κ1) is 24.5. The van der Waals surface area contributed by atoms with Crippen molar-refractivity contribution in [3.63, 3.8) is 0 Å². The molecule has 0 radical (unpaired) electrons. The third-order valence-electron chi connectivity index (χ3n) is 5.87. The number of halogens is 1. The summed E-state index contributed by atoms with van der Waals surface area (Å²) in [5.41, 5.74) is 5.54. The van der Waals surface area contributed by atoms with Gasteiger partial charge in [0, 0.05) is 22.0 Å². The molecule has 1 heterocycles. The zero-order chi connectivity index (χ0) is 26.5. The number of H-pyrrole nitrogens is 1. The highest BCUT2D eigenvalue weighted by molar-refractivity contribution is 6.09. The highest BCUT2D eigenvalue weighted by Crippen LogP contribution is 2.33. The third-order valence-corrected chi connectivity index (χ3v) is 5.87. The van der Waals surface area contributed by atoms with Crippen LogP contribution in [0.15, 0.2) is 102 Å². The standard InChI is InChI=1S/C30H22FN3O4/c1-37-23-14-11-20(12-15-23)30(36)38-26-10-6-5-9-21(26)18-32-34-29(35)28-27(19-7-3-2-4-8-19)24-17-22(31)13-16-25(24)33-28/h2-18,33H,1H3,(H,34,35). The van der Waals surface area contributed by atoms with Crippen molar-refractivity contribution in [2.24, 2.45) is 5.10 Å². The predicted octanol–water partition coefficient (Wildman–Crippen LogP) is 5.97. The van der Waals surface area contributed by atoms with Crippen LogP contribution >= 0.6 is 0 Å². The number of fused-ring (bicyclic) bond motifs is 1. The van der Waals surface area contributed by atoms with Crippen molar-refractivity contribution in [1.29, 1.82) is 0 Å². The van der Waals surface area contributed by atoms with Gasteiger partial charge in [-0.1, -0.05) is 42.5 Å². The fourth-order valence-corrected chi connectivity index (χ4v) is 4.02. The Morgan fingerprint density at radius 3 is 2.42 bits per heavy atom.